The van der Waals surface area contributed by atoms with Gasteiger partial charge in [-0.3, -0.25) is 8.75 Å². The van der Waals surface area contributed by atoms with Gasteiger partial charge in [0.15, 0.2) is 0 Å². The summed E-state index contributed by atoms with van der Waals surface area (Å²) in [5.74, 6) is 0.414. The number of thioether (sulfide) groups is 1. The van der Waals surface area contributed by atoms with Gasteiger partial charge in [-0.1, -0.05) is 0 Å². The van der Waals surface area contributed by atoms with E-state index in [0.29, 0.717) is 19.0 Å². The molecule has 0 heterocycles. The van der Waals surface area contributed by atoms with Gasteiger partial charge in [0.2, 0.25) is 0 Å². The lowest BCUT2D eigenvalue weighted by molar-refractivity contribution is 0.224. The highest BCUT2D eigenvalue weighted by Crippen LogP contribution is 2.50. The fraction of sp³-hybridized carbons (Fsp3) is 1.00. The molecule has 0 amide bonds. The maximum Gasteiger partial charge on any atom is 0.340 e. The zero-order valence-electron chi connectivity index (χ0n) is 10.2. The summed E-state index contributed by atoms with van der Waals surface area (Å²) in [4.78, 5) is 0. The van der Waals surface area contributed by atoms with Crippen molar-refractivity contribution in [1.29, 1.82) is 0 Å². The summed E-state index contributed by atoms with van der Waals surface area (Å²) in [5.41, 5.74) is 0.196. The Labute approximate surface area is 107 Å². The van der Waals surface area contributed by atoms with Crippen molar-refractivity contribution in [2.75, 3.05) is 37.3 Å². The molecule has 0 rings (SSSR count). The van der Waals surface area contributed by atoms with Gasteiger partial charge in [0.05, 0.1) is 31.6 Å². The van der Waals surface area contributed by atoms with Crippen molar-refractivity contribution in [1.82, 2.24) is 0 Å². The molecule has 0 aliphatic heterocycles. The fourth-order valence-electron chi connectivity index (χ4n) is 0.926. The van der Waals surface area contributed by atoms with Crippen LogP contribution in [0.5, 0.6) is 0 Å². The zero-order valence-corrected chi connectivity index (χ0v) is 12.8. The topological polar surface area (TPSA) is 78.9 Å². The highest BCUT2D eigenvalue weighted by Gasteiger charge is 2.23. The van der Waals surface area contributed by atoms with E-state index >= 15 is 0 Å². The molecule has 0 unspecified atom stereocenters. The summed E-state index contributed by atoms with van der Waals surface area (Å²) in [5, 5.41) is 0. The molecule has 0 N–H and O–H groups in total. The van der Waals surface area contributed by atoms with Crippen molar-refractivity contribution in [3.8, 4) is 0 Å². The van der Waals surface area contributed by atoms with E-state index in [2.05, 4.69) is 4.18 Å². The maximum atomic E-state index is 11.9. The molecule has 0 aromatic rings. The lowest BCUT2D eigenvalue weighted by Gasteiger charge is -2.16. The van der Waals surface area contributed by atoms with E-state index in [1.807, 2.05) is 0 Å². The molecule has 0 atom stereocenters. The SMILES string of the molecule is CCOP(=O)(CSCCOS(C)(=O)=O)OCC. The summed E-state index contributed by atoms with van der Waals surface area (Å²) in [6.07, 6.45) is 0.989. The Hall–Kier alpha value is 0.410. The number of hydrogen-bond donors (Lipinski definition) is 0. The third-order valence-corrected chi connectivity index (χ3v) is 5.77. The Morgan fingerprint density at radius 2 is 1.71 bits per heavy atom. The van der Waals surface area contributed by atoms with Crippen molar-refractivity contribution >= 4 is 29.5 Å². The summed E-state index contributed by atoms with van der Waals surface area (Å²) < 4.78 is 48.0. The first-order chi connectivity index (χ1) is 7.83. The first-order valence-electron chi connectivity index (χ1n) is 5.13. The molecular weight excluding hydrogens is 287 g/mol. The van der Waals surface area contributed by atoms with Crippen LogP contribution in [-0.2, 0) is 27.9 Å². The van der Waals surface area contributed by atoms with Crippen LogP contribution in [0.4, 0.5) is 0 Å². The normalized spacial score (nSPS) is 12.9. The van der Waals surface area contributed by atoms with Crippen LogP contribution in [0.15, 0.2) is 0 Å². The molecule has 0 aromatic heterocycles. The lowest BCUT2D eigenvalue weighted by atomic mass is 10.9. The van der Waals surface area contributed by atoms with Gasteiger partial charge >= 0.3 is 7.60 Å². The summed E-state index contributed by atoms with van der Waals surface area (Å²) in [6, 6.07) is 0. The van der Waals surface area contributed by atoms with Crippen molar-refractivity contribution < 1.29 is 26.2 Å². The average molecular weight is 306 g/mol. The van der Waals surface area contributed by atoms with Crippen LogP contribution in [0.3, 0.4) is 0 Å². The van der Waals surface area contributed by atoms with Crippen molar-refractivity contribution in [3.63, 3.8) is 0 Å². The van der Waals surface area contributed by atoms with Gasteiger partial charge in [0.1, 0.15) is 0 Å². The van der Waals surface area contributed by atoms with Gasteiger partial charge in [-0.2, -0.15) is 8.42 Å². The predicted molar refractivity (Wildman–Crippen MR) is 69.0 cm³/mol. The van der Waals surface area contributed by atoms with Gasteiger partial charge < -0.3 is 9.05 Å². The highest BCUT2D eigenvalue weighted by atomic mass is 32.2. The van der Waals surface area contributed by atoms with Gasteiger partial charge in [-0.25, -0.2) is 0 Å². The van der Waals surface area contributed by atoms with Crippen LogP contribution < -0.4 is 0 Å². The molecule has 17 heavy (non-hydrogen) atoms. The number of hydrogen-bond acceptors (Lipinski definition) is 7. The maximum absolute atomic E-state index is 11.9. The Kier molecular flexibility index (Phi) is 8.71. The van der Waals surface area contributed by atoms with Gasteiger partial charge in [-0.05, 0) is 13.8 Å². The van der Waals surface area contributed by atoms with Crippen LogP contribution in [-0.4, -0.2) is 45.7 Å². The molecule has 0 fully saturated rings. The number of rotatable bonds is 10. The second kappa shape index (κ2) is 8.50. The average Bonchev–Trinajstić information content (AvgIpc) is 2.16. The monoisotopic (exact) mass is 306 g/mol. The first kappa shape index (κ1) is 17.4. The standard InChI is InChI=1S/C8H19O6PS2/c1-4-12-15(9,13-5-2)8-16-7-6-14-17(3,10)11/h4-8H2,1-3H3. The molecule has 0 spiro atoms. The van der Waals surface area contributed by atoms with Crippen LogP contribution in [0.25, 0.3) is 0 Å². The van der Waals surface area contributed by atoms with Crippen molar-refractivity contribution in [2.45, 2.75) is 13.8 Å². The molecule has 0 saturated carbocycles. The van der Waals surface area contributed by atoms with Crippen molar-refractivity contribution in [3.05, 3.63) is 0 Å². The molecule has 0 aromatic carbocycles. The second-order valence-corrected chi connectivity index (χ2v) is 8.24. The molecule has 0 aliphatic rings. The molecule has 6 nitrogen and oxygen atoms in total. The Bertz CT molecular complexity index is 332. The summed E-state index contributed by atoms with van der Waals surface area (Å²) >= 11 is 1.28. The van der Waals surface area contributed by atoms with Crippen LogP contribution in [0.2, 0.25) is 0 Å². The molecule has 104 valence electrons. The second-order valence-electron chi connectivity index (χ2n) is 3.01. The van der Waals surface area contributed by atoms with E-state index in [9.17, 15) is 13.0 Å². The minimum Gasteiger partial charge on any atom is -0.308 e. The van der Waals surface area contributed by atoms with Crippen LogP contribution in [0.1, 0.15) is 13.8 Å². The molecule has 0 aliphatic carbocycles. The Morgan fingerprint density at radius 1 is 1.18 bits per heavy atom. The van der Waals surface area contributed by atoms with E-state index in [4.69, 9.17) is 9.05 Å². The summed E-state index contributed by atoms with van der Waals surface area (Å²) in [7, 11) is -6.45. The highest BCUT2D eigenvalue weighted by molar-refractivity contribution is 8.04. The Morgan fingerprint density at radius 3 is 2.12 bits per heavy atom. The smallest absolute Gasteiger partial charge is 0.308 e. The van der Waals surface area contributed by atoms with Crippen molar-refractivity contribution in [2.24, 2.45) is 0 Å². The summed E-state index contributed by atoms with van der Waals surface area (Å²) in [6.45, 7) is 4.17. The van der Waals surface area contributed by atoms with E-state index in [-0.39, 0.29) is 12.1 Å². The van der Waals surface area contributed by atoms with E-state index in [1.54, 1.807) is 13.8 Å². The quantitative estimate of drug-likeness (QED) is 0.346. The van der Waals surface area contributed by atoms with Gasteiger partial charge in [0, 0.05) is 5.75 Å². The third-order valence-electron chi connectivity index (χ3n) is 1.43. The fourth-order valence-corrected chi connectivity index (χ4v) is 4.49. The Balaban J connectivity index is 3.87. The minimum absolute atomic E-state index is 0.0573. The van der Waals surface area contributed by atoms with E-state index in [0.717, 1.165) is 6.26 Å². The molecular formula is C8H19O6PS2. The third kappa shape index (κ3) is 10.1. The van der Waals surface area contributed by atoms with Crippen LogP contribution in [0, 0.1) is 0 Å². The molecule has 0 saturated heterocycles. The molecule has 9 heteroatoms. The molecule has 0 radical (unpaired) electrons. The first-order valence-corrected chi connectivity index (χ1v) is 9.83. The van der Waals surface area contributed by atoms with E-state index < -0.39 is 17.7 Å². The largest absolute Gasteiger partial charge is 0.340 e. The molecule has 0 bridgehead atoms. The van der Waals surface area contributed by atoms with Crippen LogP contribution >= 0.6 is 19.4 Å². The van der Waals surface area contributed by atoms with Gasteiger partial charge in [-0.15, -0.1) is 11.8 Å². The zero-order chi connectivity index (χ0) is 13.4. The lowest BCUT2D eigenvalue weighted by Crippen LogP contribution is -2.06. The predicted octanol–water partition coefficient (Wildman–Crippen LogP) is 1.92. The van der Waals surface area contributed by atoms with E-state index in [1.165, 1.54) is 11.8 Å². The minimum atomic E-state index is -3.41. The van der Waals surface area contributed by atoms with Gasteiger partial charge in [0.25, 0.3) is 10.1 Å².